The van der Waals surface area contributed by atoms with Gasteiger partial charge in [0.15, 0.2) is 0 Å². The molecule has 20 heavy (non-hydrogen) atoms. The lowest BCUT2D eigenvalue weighted by molar-refractivity contribution is 0.102. The number of nitrogen functional groups attached to an aromatic ring is 1. The molecule has 2 aromatic carbocycles. The first kappa shape index (κ1) is 14.4. The van der Waals surface area contributed by atoms with E-state index in [2.05, 4.69) is 21.2 Å². The number of carbonyl (C=O) groups is 1. The van der Waals surface area contributed by atoms with E-state index in [4.69, 9.17) is 5.73 Å². The number of nitrogens with two attached hydrogens (primary N) is 1. The monoisotopic (exact) mass is 334 g/mol. The number of hydrogen-bond donors (Lipinski definition) is 3. The largest absolute Gasteiger partial charge is 0.505 e. The van der Waals surface area contributed by atoms with Crippen molar-refractivity contribution in [3.05, 3.63) is 51.5 Å². The molecular formula is C15H15BrN2O2. The molecule has 0 aliphatic carbocycles. The summed E-state index contributed by atoms with van der Waals surface area (Å²) in [6.07, 6.45) is 0. The second-order valence-electron chi connectivity index (χ2n) is 4.67. The van der Waals surface area contributed by atoms with Crippen LogP contribution in [0, 0.1) is 13.8 Å². The molecule has 5 heteroatoms. The van der Waals surface area contributed by atoms with Crippen molar-refractivity contribution in [3.63, 3.8) is 0 Å². The first-order valence-electron chi connectivity index (χ1n) is 6.05. The van der Waals surface area contributed by atoms with Gasteiger partial charge in [0, 0.05) is 10.2 Å². The number of anilines is 2. The SMILES string of the molecule is Cc1cc(C)c(O)c(NC(=O)c2cc(N)ccc2Br)c1. The van der Waals surface area contributed by atoms with Crippen molar-refractivity contribution in [1.29, 1.82) is 0 Å². The summed E-state index contributed by atoms with van der Waals surface area (Å²) < 4.78 is 0.646. The third kappa shape index (κ3) is 2.93. The molecule has 0 spiro atoms. The Morgan fingerprint density at radius 1 is 1.25 bits per heavy atom. The second kappa shape index (κ2) is 5.54. The van der Waals surface area contributed by atoms with E-state index in [1.54, 1.807) is 31.2 Å². The Kier molecular flexibility index (Phi) is 3.99. The van der Waals surface area contributed by atoms with Crippen LogP contribution in [0.2, 0.25) is 0 Å². The summed E-state index contributed by atoms with van der Waals surface area (Å²) in [5, 5.41) is 12.7. The van der Waals surface area contributed by atoms with Crippen LogP contribution < -0.4 is 11.1 Å². The van der Waals surface area contributed by atoms with Crippen LogP contribution in [0.4, 0.5) is 11.4 Å². The van der Waals surface area contributed by atoms with E-state index < -0.39 is 0 Å². The van der Waals surface area contributed by atoms with Gasteiger partial charge in [-0.05, 0) is 65.2 Å². The van der Waals surface area contributed by atoms with Crippen molar-refractivity contribution in [2.24, 2.45) is 0 Å². The number of amides is 1. The molecule has 0 aromatic heterocycles. The van der Waals surface area contributed by atoms with Gasteiger partial charge in [-0.2, -0.15) is 0 Å². The number of phenolic OH excluding ortho intramolecular Hbond substituents is 1. The van der Waals surface area contributed by atoms with Gasteiger partial charge in [0.25, 0.3) is 5.91 Å². The van der Waals surface area contributed by atoms with Crippen molar-refractivity contribution in [2.45, 2.75) is 13.8 Å². The van der Waals surface area contributed by atoms with E-state index in [1.807, 2.05) is 13.0 Å². The summed E-state index contributed by atoms with van der Waals surface area (Å²) in [6, 6.07) is 8.57. The van der Waals surface area contributed by atoms with E-state index in [-0.39, 0.29) is 11.7 Å². The van der Waals surface area contributed by atoms with Crippen molar-refractivity contribution in [1.82, 2.24) is 0 Å². The van der Waals surface area contributed by atoms with Gasteiger partial charge in [0.1, 0.15) is 5.75 Å². The zero-order valence-electron chi connectivity index (χ0n) is 11.2. The van der Waals surface area contributed by atoms with Crippen LogP contribution in [-0.2, 0) is 0 Å². The van der Waals surface area contributed by atoms with Gasteiger partial charge in [-0.3, -0.25) is 4.79 Å². The lowest BCUT2D eigenvalue weighted by Gasteiger charge is -2.11. The smallest absolute Gasteiger partial charge is 0.256 e. The third-order valence-electron chi connectivity index (χ3n) is 2.93. The first-order valence-corrected chi connectivity index (χ1v) is 6.84. The van der Waals surface area contributed by atoms with Crippen molar-refractivity contribution in [3.8, 4) is 5.75 Å². The zero-order chi connectivity index (χ0) is 14.9. The fourth-order valence-corrected chi connectivity index (χ4v) is 2.39. The van der Waals surface area contributed by atoms with Gasteiger partial charge in [-0.1, -0.05) is 6.07 Å². The molecule has 4 N–H and O–H groups in total. The van der Waals surface area contributed by atoms with Crippen LogP contribution >= 0.6 is 15.9 Å². The molecule has 0 atom stereocenters. The molecule has 0 aliphatic heterocycles. The Bertz CT molecular complexity index is 684. The molecule has 2 rings (SSSR count). The lowest BCUT2D eigenvalue weighted by Crippen LogP contribution is -2.13. The van der Waals surface area contributed by atoms with Crippen LogP contribution in [0.5, 0.6) is 5.75 Å². The van der Waals surface area contributed by atoms with Gasteiger partial charge in [-0.25, -0.2) is 0 Å². The zero-order valence-corrected chi connectivity index (χ0v) is 12.8. The van der Waals surface area contributed by atoms with Crippen molar-refractivity contribution in [2.75, 3.05) is 11.1 Å². The third-order valence-corrected chi connectivity index (χ3v) is 3.62. The highest BCUT2D eigenvalue weighted by atomic mass is 79.9. The van der Waals surface area contributed by atoms with Gasteiger partial charge >= 0.3 is 0 Å². The van der Waals surface area contributed by atoms with Crippen LogP contribution in [0.15, 0.2) is 34.8 Å². The summed E-state index contributed by atoms with van der Waals surface area (Å²) in [7, 11) is 0. The Labute approximate surface area is 125 Å². The van der Waals surface area contributed by atoms with E-state index in [9.17, 15) is 9.90 Å². The average Bonchev–Trinajstić information content (AvgIpc) is 2.38. The molecule has 2 aromatic rings. The van der Waals surface area contributed by atoms with Crippen LogP contribution in [-0.4, -0.2) is 11.0 Å². The fourth-order valence-electron chi connectivity index (χ4n) is 1.96. The summed E-state index contributed by atoms with van der Waals surface area (Å²) in [5.41, 5.74) is 8.68. The van der Waals surface area contributed by atoms with E-state index >= 15 is 0 Å². The quantitative estimate of drug-likeness (QED) is 0.580. The molecule has 4 nitrogen and oxygen atoms in total. The maximum Gasteiger partial charge on any atom is 0.256 e. The Hall–Kier alpha value is -2.01. The summed E-state index contributed by atoms with van der Waals surface area (Å²) in [6.45, 7) is 3.69. The van der Waals surface area contributed by atoms with E-state index in [1.165, 1.54) is 0 Å². The van der Waals surface area contributed by atoms with E-state index in [0.29, 0.717) is 27.0 Å². The minimum absolute atomic E-state index is 0.0731. The Balaban J connectivity index is 2.35. The molecular weight excluding hydrogens is 320 g/mol. The summed E-state index contributed by atoms with van der Waals surface area (Å²) in [5.74, 6) is -0.256. The maximum atomic E-state index is 12.3. The van der Waals surface area contributed by atoms with Crippen molar-refractivity contribution < 1.29 is 9.90 Å². The Morgan fingerprint density at radius 3 is 2.65 bits per heavy atom. The van der Waals surface area contributed by atoms with Gasteiger partial charge in [-0.15, -0.1) is 0 Å². The minimum Gasteiger partial charge on any atom is -0.505 e. The average molecular weight is 335 g/mol. The highest BCUT2D eigenvalue weighted by Gasteiger charge is 2.14. The van der Waals surface area contributed by atoms with Gasteiger partial charge in [0.2, 0.25) is 0 Å². The molecule has 0 heterocycles. The molecule has 1 amide bonds. The topological polar surface area (TPSA) is 75.3 Å². The van der Waals surface area contributed by atoms with Gasteiger partial charge in [0.05, 0.1) is 11.3 Å². The molecule has 0 saturated carbocycles. The standard InChI is InChI=1S/C15H15BrN2O2/c1-8-5-9(2)14(19)13(6-8)18-15(20)11-7-10(17)3-4-12(11)16/h3-7,19H,17H2,1-2H3,(H,18,20). The maximum absolute atomic E-state index is 12.3. The molecule has 0 unspecified atom stereocenters. The number of hydrogen-bond acceptors (Lipinski definition) is 3. The molecule has 0 bridgehead atoms. The second-order valence-corrected chi connectivity index (χ2v) is 5.53. The number of halogens is 1. The number of carbonyl (C=O) groups excluding carboxylic acids is 1. The lowest BCUT2D eigenvalue weighted by atomic mass is 10.1. The molecule has 0 saturated heterocycles. The first-order chi connectivity index (χ1) is 9.38. The van der Waals surface area contributed by atoms with Crippen molar-refractivity contribution >= 4 is 33.2 Å². The van der Waals surface area contributed by atoms with E-state index in [0.717, 1.165) is 5.56 Å². The number of aryl methyl sites for hydroxylation is 2. The number of nitrogens with one attached hydrogen (secondary N) is 1. The van der Waals surface area contributed by atoms with Crippen LogP contribution in [0.1, 0.15) is 21.5 Å². The molecule has 104 valence electrons. The molecule has 0 fully saturated rings. The Morgan fingerprint density at radius 2 is 1.95 bits per heavy atom. The predicted octanol–water partition coefficient (Wildman–Crippen LogP) is 3.61. The molecule has 0 aliphatic rings. The van der Waals surface area contributed by atoms with Crippen LogP contribution in [0.25, 0.3) is 0 Å². The molecule has 0 radical (unpaired) electrons. The number of phenols is 1. The van der Waals surface area contributed by atoms with Crippen LogP contribution in [0.3, 0.4) is 0 Å². The fraction of sp³-hybridized carbons (Fsp3) is 0.133. The minimum atomic E-state index is -0.329. The highest BCUT2D eigenvalue weighted by molar-refractivity contribution is 9.10. The number of rotatable bonds is 2. The number of aromatic hydroxyl groups is 1. The predicted molar refractivity (Wildman–Crippen MR) is 84.1 cm³/mol. The number of benzene rings is 2. The summed E-state index contributed by atoms with van der Waals surface area (Å²) in [4.78, 5) is 12.3. The normalized spacial score (nSPS) is 10.3. The van der Waals surface area contributed by atoms with Gasteiger partial charge < -0.3 is 16.2 Å². The summed E-state index contributed by atoms with van der Waals surface area (Å²) >= 11 is 3.31. The highest BCUT2D eigenvalue weighted by Crippen LogP contribution is 2.30.